The molecule has 8 nitrogen and oxygen atoms in total. The third-order valence-corrected chi connectivity index (χ3v) is 2.30. The normalized spacial score (nSPS) is 11.7. The van der Waals surface area contributed by atoms with Crippen LogP contribution < -0.4 is 11.3 Å². The van der Waals surface area contributed by atoms with E-state index in [0.717, 1.165) is 0 Å². The van der Waals surface area contributed by atoms with Gasteiger partial charge in [-0.25, -0.2) is 0 Å². The highest BCUT2D eigenvalue weighted by Gasteiger charge is 2.12. The van der Waals surface area contributed by atoms with Crippen molar-refractivity contribution < 1.29 is 19.3 Å². The predicted octanol–water partition coefficient (Wildman–Crippen LogP) is 0.730. The van der Waals surface area contributed by atoms with E-state index in [2.05, 4.69) is 5.16 Å². The molecule has 1 aromatic heterocycles. The van der Waals surface area contributed by atoms with E-state index in [0.29, 0.717) is 5.39 Å². The summed E-state index contributed by atoms with van der Waals surface area (Å²) < 4.78 is 5.10. The molecule has 0 spiro atoms. The number of rotatable bonds is 2. The zero-order valence-electron chi connectivity index (χ0n) is 8.86. The van der Waals surface area contributed by atoms with Crippen molar-refractivity contribution in [2.24, 2.45) is 10.9 Å². The minimum absolute atomic E-state index is 0.151. The molecule has 2 aromatic rings. The van der Waals surface area contributed by atoms with Crippen LogP contribution >= 0.6 is 0 Å². The van der Waals surface area contributed by atoms with Crippen molar-refractivity contribution in [3.8, 4) is 0 Å². The Kier molecular flexibility index (Phi) is 2.68. The lowest BCUT2D eigenvalue weighted by molar-refractivity contribution is -0.384. The number of amides is 1. The van der Waals surface area contributed by atoms with Crippen LogP contribution in [0.1, 0.15) is 10.4 Å². The van der Waals surface area contributed by atoms with Gasteiger partial charge < -0.3 is 15.4 Å². The summed E-state index contributed by atoms with van der Waals surface area (Å²) in [6.45, 7) is 0. The predicted molar refractivity (Wildman–Crippen MR) is 58.7 cm³/mol. The van der Waals surface area contributed by atoms with Gasteiger partial charge in [-0.15, -0.1) is 0 Å². The Morgan fingerprint density at radius 1 is 1.44 bits per heavy atom. The molecule has 0 saturated heterocycles. The molecule has 0 unspecified atom stereocenters. The van der Waals surface area contributed by atoms with E-state index in [-0.39, 0.29) is 22.4 Å². The summed E-state index contributed by atoms with van der Waals surface area (Å²) in [7, 11) is 0. The molecule has 0 aliphatic carbocycles. The monoisotopic (exact) mass is 249 g/mol. The Labute approximate surface area is 99.1 Å². The molecular weight excluding hydrogens is 242 g/mol. The average Bonchev–Trinajstić information content (AvgIpc) is 2.36. The second-order valence-corrected chi connectivity index (χ2v) is 3.41. The van der Waals surface area contributed by atoms with Gasteiger partial charge in [0.25, 0.3) is 17.1 Å². The fourth-order valence-electron chi connectivity index (χ4n) is 1.48. The Balaban J connectivity index is 2.80. The van der Waals surface area contributed by atoms with Crippen molar-refractivity contribution >= 4 is 22.6 Å². The number of nitro groups is 1. The van der Waals surface area contributed by atoms with Crippen molar-refractivity contribution in [3.63, 3.8) is 0 Å². The quantitative estimate of drug-likeness (QED) is 0.460. The van der Waals surface area contributed by atoms with Crippen molar-refractivity contribution in [1.82, 2.24) is 0 Å². The van der Waals surface area contributed by atoms with Gasteiger partial charge in [-0.2, -0.15) is 0 Å². The fraction of sp³-hybridized carbons (Fsp3) is 0. The van der Waals surface area contributed by atoms with Gasteiger partial charge in [0.1, 0.15) is 11.1 Å². The van der Waals surface area contributed by atoms with E-state index in [9.17, 15) is 14.9 Å². The molecule has 0 aliphatic heterocycles. The number of benzene rings is 1. The third-order valence-electron chi connectivity index (χ3n) is 2.30. The highest BCUT2D eigenvalue weighted by Crippen LogP contribution is 2.20. The van der Waals surface area contributed by atoms with Gasteiger partial charge in [0, 0.05) is 17.5 Å². The van der Waals surface area contributed by atoms with Crippen molar-refractivity contribution in [1.29, 1.82) is 0 Å². The molecule has 8 heteroatoms. The molecule has 0 aliphatic rings. The first-order valence-electron chi connectivity index (χ1n) is 4.73. The third kappa shape index (κ3) is 1.86. The van der Waals surface area contributed by atoms with Gasteiger partial charge in [0.05, 0.1) is 4.92 Å². The second-order valence-electron chi connectivity index (χ2n) is 3.41. The van der Waals surface area contributed by atoms with Crippen LogP contribution in [0, 0.1) is 10.1 Å². The van der Waals surface area contributed by atoms with E-state index in [1.54, 1.807) is 0 Å². The number of carbonyl (C=O) groups is 1. The molecule has 18 heavy (non-hydrogen) atoms. The number of fused-ring (bicyclic) bond motifs is 1. The van der Waals surface area contributed by atoms with Crippen molar-refractivity contribution in [2.45, 2.75) is 0 Å². The zero-order valence-corrected chi connectivity index (χ0v) is 8.86. The molecule has 0 atom stereocenters. The summed E-state index contributed by atoms with van der Waals surface area (Å²) in [5, 5.41) is 22.4. The van der Waals surface area contributed by atoms with Gasteiger partial charge >= 0.3 is 0 Å². The molecule has 0 bridgehead atoms. The molecule has 1 heterocycles. The number of nitrogens with two attached hydrogens (primary N) is 1. The minimum Gasteiger partial charge on any atom is -0.435 e. The van der Waals surface area contributed by atoms with Crippen LogP contribution in [0.5, 0.6) is 0 Å². The highest BCUT2D eigenvalue weighted by atomic mass is 16.6. The summed E-state index contributed by atoms with van der Waals surface area (Å²) in [6, 6.07) is 5.07. The maximum absolute atomic E-state index is 11.1. The average molecular weight is 249 g/mol. The van der Waals surface area contributed by atoms with E-state index < -0.39 is 10.8 Å². The smallest absolute Gasteiger partial charge is 0.270 e. The molecule has 0 radical (unpaired) electrons. The fourth-order valence-corrected chi connectivity index (χ4v) is 1.48. The van der Waals surface area contributed by atoms with Gasteiger partial charge in [-0.3, -0.25) is 14.9 Å². The number of primary amides is 1. The maximum atomic E-state index is 11.1. The minimum atomic E-state index is -0.861. The van der Waals surface area contributed by atoms with Crippen LogP contribution in [-0.2, 0) is 0 Å². The lowest BCUT2D eigenvalue weighted by atomic mass is 10.1. The topological polar surface area (TPSA) is 132 Å². The van der Waals surface area contributed by atoms with Crippen LogP contribution in [0.3, 0.4) is 0 Å². The highest BCUT2D eigenvalue weighted by molar-refractivity contribution is 5.95. The lowest BCUT2D eigenvalue weighted by Crippen LogP contribution is -2.21. The van der Waals surface area contributed by atoms with Crippen molar-refractivity contribution in [2.75, 3.05) is 0 Å². The van der Waals surface area contributed by atoms with Crippen LogP contribution in [0.2, 0.25) is 0 Å². The summed E-state index contributed by atoms with van der Waals surface area (Å²) >= 11 is 0. The van der Waals surface area contributed by atoms with Gasteiger partial charge in [-0.05, 0) is 17.3 Å². The SMILES string of the molecule is NC(=O)c1cc2cc([N+](=O)[O-])ccc2o/c1=N\O. The Hall–Kier alpha value is -2.90. The van der Waals surface area contributed by atoms with Crippen LogP contribution in [0.4, 0.5) is 5.69 Å². The molecule has 3 N–H and O–H groups in total. The number of carbonyl (C=O) groups excluding carboxylic acids is 1. The van der Waals surface area contributed by atoms with Gasteiger partial charge in [0.2, 0.25) is 0 Å². The molecular formula is C10H7N3O5. The molecule has 0 fully saturated rings. The first-order chi connectivity index (χ1) is 8.52. The summed E-state index contributed by atoms with van der Waals surface area (Å²) in [6.07, 6.45) is 0. The lowest BCUT2D eigenvalue weighted by Gasteiger charge is -2.00. The van der Waals surface area contributed by atoms with E-state index in [1.807, 2.05) is 0 Å². The molecule has 1 amide bonds. The summed E-state index contributed by atoms with van der Waals surface area (Å²) in [5.41, 5.74) is 4.65. The van der Waals surface area contributed by atoms with E-state index >= 15 is 0 Å². The summed E-state index contributed by atoms with van der Waals surface area (Å²) in [5.74, 6) is -0.861. The first kappa shape index (κ1) is 11.6. The Bertz CT molecular complexity index is 719. The number of nitro benzene ring substituents is 1. The van der Waals surface area contributed by atoms with Gasteiger partial charge in [-0.1, -0.05) is 0 Å². The Morgan fingerprint density at radius 2 is 2.17 bits per heavy atom. The summed E-state index contributed by atoms with van der Waals surface area (Å²) in [4.78, 5) is 21.1. The van der Waals surface area contributed by atoms with Crippen LogP contribution in [0.25, 0.3) is 11.0 Å². The zero-order chi connectivity index (χ0) is 13.3. The number of non-ortho nitro benzene ring substituents is 1. The molecule has 92 valence electrons. The standard InChI is InChI=1S/C10H7N3O5/c11-9(14)7-4-5-3-6(13(16)17)1-2-8(5)18-10(7)12-15/h1-4,15H,(H2,11,14)/b12-10-. The van der Waals surface area contributed by atoms with Crippen molar-refractivity contribution in [3.05, 3.63) is 45.5 Å². The number of hydrogen-bond donors (Lipinski definition) is 2. The molecule has 0 saturated carbocycles. The van der Waals surface area contributed by atoms with Crippen LogP contribution in [0.15, 0.2) is 33.8 Å². The Morgan fingerprint density at radius 3 is 2.72 bits per heavy atom. The molecule has 1 aromatic carbocycles. The van der Waals surface area contributed by atoms with Crippen LogP contribution in [-0.4, -0.2) is 16.0 Å². The van der Waals surface area contributed by atoms with E-state index in [4.69, 9.17) is 15.4 Å². The largest absolute Gasteiger partial charge is 0.435 e. The second kappa shape index (κ2) is 4.17. The van der Waals surface area contributed by atoms with Gasteiger partial charge in [0.15, 0.2) is 0 Å². The first-order valence-corrected chi connectivity index (χ1v) is 4.73. The van der Waals surface area contributed by atoms with E-state index in [1.165, 1.54) is 24.3 Å². The maximum Gasteiger partial charge on any atom is 0.270 e. The number of nitrogens with zero attached hydrogens (tertiary/aromatic N) is 2. The number of hydrogen-bond acceptors (Lipinski definition) is 6. The molecule has 2 rings (SSSR count).